The molecule has 1 aromatic carbocycles. The van der Waals surface area contributed by atoms with E-state index in [4.69, 9.17) is 5.73 Å². The van der Waals surface area contributed by atoms with Crippen LogP contribution in [0.5, 0.6) is 0 Å². The standard InChI is InChI=1S/C16H24N2/c1-11-4-3-5-12(2)14(11)9-18-8-13-6-7-16(17)15(13)10-18/h3-5,13,15-16H,6-10,17H2,1-2H3. The van der Waals surface area contributed by atoms with Crippen molar-refractivity contribution in [2.45, 2.75) is 39.3 Å². The molecule has 1 heterocycles. The molecule has 3 atom stereocenters. The minimum Gasteiger partial charge on any atom is -0.327 e. The van der Waals surface area contributed by atoms with Crippen LogP contribution < -0.4 is 5.73 Å². The average molecular weight is 244 g/mol. The topological polar surface area (TPSA) is 29.3 Å². The maximum absolute atomic E-state index is 6.21. The summed E-state index contributed by atoms with van der Waals surface area (Å²) in [4.78, 5) is 2.61. The molecule has 2 aliphatic rings. The average Bonchev–Trinajstić information content (AvgIpc) is 2.87. The van der Waals surface area contributed by atoms with Gasteiger partial charge in [-0.05, 0) is 55.2 Å². The lowest BCUT2D eigenvalue weighted by atomic mass is 9.98. The van der Waals surface area contributed by atoms with Gasteiger partial charge in [-0.1, -0.05) is 18.2 Å². The molecule has 1 aliphatic heterocycles. The molecule has 0 spiro atoms. The van der Waals surface area contributed by atoms with Gasteiger partial charge in [0.1, 0.15) is 0 Å². The summed E-state index contributed by atoms with van der Waals surface area (Å²) in [6.45, 7) is 8.03. The third-order valence-electron chi connectivity index (χ3n) is 5.01. The molecule has 0 radical (unpaired) electrons. The quantitative estimate of drug-likeness (QED) is 0.866. The predicted molar refractivity (Wildman–Crippen MR) is 75.4 cm³/mol. The first-order valence-corrected chi connectivity index (χ1v) is 7.18. The monoisotopic (exact) mass is 244 g/mol. The van der Waals surface area contributed by atoms with E-state index < -0.39 is 0 Å². The molecule has 3 rings (SSSR count). The summed E-state index contributed by atoms with van der Waals surface area (Å²) in [6, 6.07) is 7.07. The molecular weight excluding hydrogens is 220 g/mol. The summed E-state index contributed by atoms with van der Waals surface area (Å²) in [5.74, 6) is 1.62. The van der Waals surface area contributed by atoms with Gasteiger partial charge in [-0.15, -0.1) is 0 Å². The highest BCUT2D eigenvalue weighted by molar-refractivity contribution is 5.33. The number of benzene rings is 1. The number of hydrogen-bond donors (Lipinski definition) is 1. The molecule has 2 fully saturated rings. The SMILES string of the molecule is Cc1cccc(C)c1CN1CC2CCC(N)C2C1. The van der Waals surface area contributed by atoms with Gasteiger partial charge in [0.2, 0.25) is 0 Å². The maximum Gasteiger partial charge on any atom is 0.0239 e. The number of fused-ring (bicyclic) bond motifs is 1. The molecule has 2 N–H and O–H groups in total. The lowest BCUT2D eigenvalue weighted by molar-refractivity contribution is 0.297. The van der Waals surface area contributed by atoms with Gasteiger partial charge in [-0.3, -0.25) is 4.90 Å². The number of hydrogen-bond acceptors (Lipinski definition) is 2. The van der Waals surface area contributed by atoms with E-state index in [1.54, 1.807) is 0 Å². The van der Waals surface area contributed by atoms with E-state index >= 15 is 0 Å². The summed E-state index contributed by atoms with van der Waals surface area (Å²) >= 11 is 0. The van der Waals surface area contributed by atoms with Crippen molar-refractivity contribution in [1.82, 2.24) is 4.90 Å². The Hall–Kier alpha value is -0.860. The second-order valence-corrected chi connectivity index (χ2v) is 6.23. The van der Waals surface area contributed by atoms with Gasteiger partial charge in [-0.25, -0.2) is 0 Å². The van der Waals surface area contributed by atoms with Crippen molar-refractivity contribution in [2.24, 2.45) is 17.6 Å². The third kappa shape index (κ3) is 2.08. The molecule has 0 amide bonds. The molecule has 1 aliphatic carbocycles. The van der Waals surface area contributed by atoms with Gasteiger partial charge in [0.25, 0.3) is 0 Å². The van der Waals surface area contributed by atoms with Crippen LogP contribution in [0.25, 0.3) is 0 Å². The van der Waals surface area contributed by atoms with Gasteiger partial charge in [0.15, 0.2) is 0 Å². The maximum atomic E-state index is 6.21. The Morgan fingerprint density at radius 2 is 1.89 bits per heavy atom. The van der Waals surface area contributed by atoms with Crippen LogP contribution >= 0.6 is 0 Å². The fourth-order valence-electron chi connectivity index (χ4n) is 3.85. The Labute approximate surface area is 110 Å². The van der Waals surface area contributed by atoms with Crippen LogP contribution in [-0.4, -0.2) is 24.0 Å². The van der Waals surface area contributed by atoms with Crippen LogP contribution in [0, 0.1) is 25.7 Å². The van der Waals surface area contributed by atoms with Gasteiger partial charge in [0, 0.05) is 25.7 Å². The van der Waals surface area contributed by atoms with Crippen molar-refractivity contribution in [3.05, 3.63) is 34.9 Å². The summed E-state index contributed by atoms with van der Waals surface area (Å²) in [5, 5.41) is 0. The van der Waals surface area contributed by atoms with E-state index in [0.717, 1.165) is 18.4 Å². The Kier molecular flexibility index (Phi) is 3.16. The highest BCUT2D eigenvalue weighted by Gasteiger charge is 2.40. The normalized spacial score (nSPS) is 31.8. The number of aryl methyl sites for hydroxylation is 2. The zero-order valence-electron chi connectivity index (χ0n) is 11.5. The van der Waals surface area contributed by atoms with E-state index in [-0.39, 0.29) is 0 Å². The van der Waals surface area contributed by atoms with Crippen molar-refractivity contribution >= 4 is 0 Å². The Morgan fingerprint density at radius 1 is 1.17 bits per heavy atom. The van der Waals surface area contributed by atoms with Crippen molar-refractivity contribution in [3.63, 3.8) is 0 Å². The fourth-order valence-corrected chi connectivity index (χ4v) is 3.85. The Balaban J connectivity index is 1.72. The molecule has 3 unspecified atom stereocenters. The van der Waals surface area contributed by atoms with Crippen LogP contribution in [0.2, 0.25) is 0 Å². The second-order valence-electron chi connectivity index (χ2n) is 6.23. The molecular formula is C16H24N2. The number of rotatable bonds is 2. The molecule has 2 heteroatoms. The Bertz CT molecular complexity index is 420. The van der Waals surface area contributed by atoms with Gasteiger partial charge in [0.05, 0.1) is 0 Å². The van der Waals surface area contributed by atoms with Crippen LogP contribution in [0.1, 0.15) is 29.5 Å². The van der Waals surface area contributed by atoms with E-state index in [2.05, 4.69) is 36.9 Å². The summed E-state index contributed by atoms with van der Waals surface area (Å²) in [5.41, 5.74) is 10.6. The first kappa shape index (κ1) is 12.2. The smallest absolute Gasteiger partial charge is 0.0239 e. The zero-order chi connectivity index (χ0) is 12.7. The van der Waals surface area contributed by atoms with Crippen molar-refractivity contribution in [2.75, 3.05) is 13.1 Å². The zero-order valence-corrected chi connectivity index (χ0v) is 11.5. The fraction of sp³-hybridized carbons (Fsp3) is 0.625. The molecule has 0 aromatic heterocycles. The molecule has 0 bridgehead atoms. The highest BCUT2D eigenvalue weighted by atomic mass is 15.2. The second kappa shape index (κ2) is 4.67. The summed E-state index contributed by atoms with van der Waals surface area (Å²) < 4.78 is 0. The molecule has 2 nitrogen and oxygen atoms in total. The number of nitrogens with zero attached hydrogens (tertiary/aromatic N) is 1. The van der Waals surface area contributed by atoms with Crippen molar-refractivity contribution in [3.8, 4) is 0 Å². The van der Waals surface area contributed by atoms with E-state index in [1.165, 1.54) is 42.6 Å². The van der Waals surface area contributed by atoms with E-state index in [9.17, 15) is 0 Å². The van der Waals surface area contributed by atoms with Crippen LogP contribution in [0.3, 0.4) is 0 Å². The van der Waals surface area contributed by atoms with E-state index in [1.807, 2.05) is 0 Å². The number of likely N-dealkylation sites (tertiary alicyclic amines) is 1. The molecule has 1 saturated heterocycles. The summed E-state index contributed by atoms with van der Waals surface area (Å²) in [7, 11) is 0. The van der Waals surface area contributed by atoms with Gasteiger partial charge in [-0.2, -0.15) is 0 Å². The molecule has 18 heavy (non-hydrogen) atoms. The van der Waals surface area contributed by atoms with Gasteiger partial charge >= 0.3 is 0 Å². The molecule has 98 valence electrons. The minimum atomic E-state index is 0.456. The van der Waals surface area contributed by atoms with Gasteiger partial charge < -0.3 is 5.73 Å². The predicted octanol–water partition coefficient (Wildman–Crippen LogP) is 2.47. The third-order valence-corrected chi connectivity index (χ3v) is 5.01. The molecule has 1 aromatic rings. The van der Waals surface area contributed by atoms with Crippen LogP contribution in [0.4, 0.5) is 0 Å². The van der Waals surface area contributed by atoms with Crippen LogP contribution in [0.15, 0.2) is 18.2 Å². The minimum absolute atomic E-state index is 0.456. The summed E-state index contributed by atoms with van der Waals surface area (Å²) in [6.07, 6.45) is 2.58. The van der Waals surface area contributed by atoms with Crippen molar-refractivity contribution < 1.29 is 0 Å². The lowest BCUT2D eigenvalue weighted by Gasteiger charge is -2.20. The molecule has 1 saturated carbocycles. The van der Waals surface area contributed by atoms with E-state index in [0.29, 0.717) is 6.04 Å². The first-order valence-electron chi connectivity index (χ1n) is 7.18. The van der Waals surface area contributed by atoms with Crippen LogP contribution in [-0.2, 0) is 6.54 Å². The first-order chi connectivity index (χ1) is 8.65. The lowest BCUT2D eigenvalue weighted by Crippen LogP contribution is -2.30. The van der Waals surface area contributed by atoms with Crippen molar-refractivity contribution in [1.29, 1.82) is 0 Å². The Morgan fingerprint density at radius 3 is 2.56 bits per heavy atom. The largest absolute Gasteiger partial charge is 0.327 e. The number of nitrogens with two attached hydrogens (primary N) is 1. The highest BCUT2D eigenvalue weighted by Crippen LogP contribution is 2.37.